The van der Waals surface area contributed by atoms with Crippen LogP contribution in [0.25, 0.3) is 12.2 Å². The van der Waals surface area contributed by atoms with Gasteiger partial charge in [0.2, 0.25) is 11.4 Å². The van der Waals surface area contributed by atoms with Crippen LogP contribution in [0, 0.1) is 10.4 Å². The molecule has 0 saturated carbocycles. The highest BCUT2D eigenvalue weighted by Crippen LogP contribution is 2.41. The van der Waals surface area contributed by atoms with Gasteiger partial charge in [0, 0.05) is 72.5 Å². The van der Waals surface area contributed by atoms with E-state index < -0.39 is 10.5 Å². The third-order valence-electron chi connectivity index (χ3n) is 9.79. The zero-order valence-corrected chi connectivity index (χ0v) is 28.0. The lowest BCUT2D eigenvalue weighted by atomic mass is 9.81. The third-order valence-corrected chi connectivity index (χ3v) is 9.79. The number of hydrogen-bond donors (Lipinski definition) is 4. The molecule has 2 heterocycles. The van der Waals surface area contributed by atoms with Gasteiger partial charge >= 0.3 is 0 Å². The van der Waals surface area contributed by atoms with Crippen molar-refractivity contribution in [3.63, 3.8) is 0 Å². The molecular formula is C40H44N4O4+2. The molecule has 0 bridgehead atoms. The second kappa shape index (κ2) is 13.5. The summed E-state index contributed by atoms with van der Waals surface area (Å²) in [5.41, 5.74) is 9.66. The summed E-state index contributed by atoms with van der Waals surface area (Å²) in [4.78, 5) is 0. The Bertz CT molecular complexity index is 1780. The fourth-order valence-electron chi connectivity index (χ4n) is 7.13. The van der Waals surface area contributed by atoms with Gasteiger partial charge in [0.05, 0.1) is 10.8 Å². The van der Waals surface area contributed by atoms with Crippen molar-refractivity contribution in [2.45, 2.75) is 51.4 Å². The van der Waals surface area contributed by atoms with Crippen molar-refractivity contribution in [1.82, 2.24) is 0 Å². The second-order valence-corrected chi connectivity index (χ2v) is 13.6. The Labute approximate surface area is 282 Å². The van der Waals surface area contributed by atoms with Gasteiger partial charge in [0.15, 0.2) is 22.8 Å². The number of allylic oxidation sites excluding steroid dienone is 2. The molecule has 8 heteroatoms. The lowest BCUT2D eigenvalue weighted by molar-refractivity contribution is -0.991. The Morgan fingerprint density at radius 2 is 0.896 bits per heavy atom. The quantitative estimate of drug-likeness (QED) is 0.0894. The first-order valence-corrected chi connectivity index (χ1v) is 16.5. The van der Waals surface area contributed by atoms with Crippen molar-refractivity contribution in [2.24, 2.45) is 0 Å². The normalized spacial score (nSPS) is 17.8. The number of nitrogens with zero attached hydrogens (tertiary/aromatic N) is 2. The number of nitrogens with one attached hydrogen (secondary N) is 2. The maximum Gasteiger partial charge on any atom is 0.209 e. The Morgan fingerprint density at radius 1 is 0.542 bits per heavy atom. The molecule has 246 valence electrons. The number of hydrogen-bond acceptors (Lipinski definition) is 4. The van der Waals surface area contributed by atoms with Gasteiger partial charge in [-0.3, -0.25) is 0 Å². The van der Waals surface area contributed by atoms with E-state index in [1.807, 2.05) is 24.3 Å². The maximum atomic E-state index is 11.3. The minimum Gasteiger partial charge on any atom is -0.595 e. The summed E-state index contributed by atoms with van der Waals surface area (Å²) >= 11 is 0. The first-order valence-electron chi connectivity index (χ1n) is 16.5. The van der Waals surface area contributed by atoms with Crippen LogP contribution >= 0.6 is 0 Å². The number of unbranched alkanes of at least 4 members (excludes halogenated alkanes) is 1. The van der Waals surface area contributed by atoms with E-state index in [4.69, 9.17) is 0 Å². The molecule has 0 aromatic heterocycles. The molecule has 0 fully saturated rings. The summed E-state index contributed by atoms with van der Waals surface area (Å²) in [6.45, 7) is 10.8. The van der Waals surface area contributed by atoms with Gasteiger partial charge in [-0.15, -0.1) is 0 Å². The van der Waals surface area contributed by atoms with E-state index >= 15 is 0 Å². The summed E-state index contributed by atoms with van der Waals surface area (Å²) in [6, 6.07) is 31.2. The monoisotopic (exact) mass is 644 g/mol. The minimum absolute atomic E-state index is 0.180. The van der Waals surface area contributed by atoms with Gasteiger partial charge in [-0.25, -0.2) is 10.4 Å². The molecule has 4 aromatic rings. The van der Waals surface area contributed by atoms with Crippen LogP contribution in [0.5, 0.6) is 0 Å². The standard InChI is InChI=1S/C40H44N4O4/c1-39(2)33-11-5-7-13-35(33)41(37(39)25-19-29-15-21-31(22-16-29)43(45)46)27-9-10-28-42-36-14-8-6-12-34(36)40(3,4)38(42)26-20-30-17-23-32(24-18-30)44(47)48/h5-8,11-26,43-45,47H,9-10,27-28H2,1-4H3/q+2/b25-19+,26-20+. The largest absolute Gasteiger partial charge is 0.595 e. The van der Waals surface area contributed by atoms with Crippen molar-refractivity contribution < 1.29 is 30.0 Å². The molecule has 2 aliphatic rings. The van der Waals surface area contributed by atoms with Crippen molar-refractivity contribution in [3.8, 4) is 0 Å². The summed E-state index contributed by atoms with van der Waals surface area (Å²) in [5.74, 6) is 0. The molecule has 2 atom stereocenters. The number of rotatable bonds is 11. The minimum atomic E-state index is -0.924. The van der Waals surface area contributed by atoms with E-state index in [-0.39, 0.29) is 22.2 Å². The Hall–Kier alpha value is -4.54. The van der Waals surface area contributed by atoms with Crippen molar-refractivity contribution in [1.29, 1.82) is 0 Å². The zero-order chi connectivity index (χ0) is 34.1. The predicted molar refractivity (Wildman–Crippen MR) is 190 cm³/mol. The van der Waals surface area contributed by atoms with Crippen LogP contribution in [-0.4, -0.2) is 44.1 Å². The molecule has 2 unspecified atom stereocenters. The molecule has 0 radical (unpaired) electrons. The summed E-state index contributed by atoms with van der Waals surface area (Å²) < 4.78 is 4.90. The average Bonchev–Trinajstić information content (AvgIpc) is 3.43. The number of benzene rings is 4. The van der Waals surface area contributed by atoms with Crippen LogP contribution < -0.4 is 10.5 Å². The molecule has 0 amide bonds. The van der Waals surface area contributed by atoms with E-state index in [1.165, 1.54) is 33.9 Å². The molecule has 48 heavy (non-hydrogen) atoms. The van der Waals surface area contributed by atoms with Crippen LogP contribution in [0.3, 0.4) is 0 Å². The first kappa shape index (κ1) is 33.4. The molecule has 2 aliphatic heterocycles. The molecule has 0 spiro atoms. The van der Waals surface area contributed by atoms with E-state index in [0.717, 1.165) is 37.1 Å². The first-order chi connectivity index (χ1) is 23.0. The van der Waals surface area contributed by atoms with E-state index in [1.54, 1.807) is 24.3 Å². The number of quaternary nitrogens is 2. The van der Waals surface area contributed by atoms with E-state index in [0.29, 0.717) is 0 Å². The van der Waals surface area contributed by atoms with Gasteiger partial charge in [0.25, 0.3) is 0 Å². The molecule has 0 aliphatic carbocycles. The van der Waals surface area contributed by atoms with Crippen molar-refractivity contribution in [2.75, 3.05) is 13.1 Å². The molecule has 0 saturated heterocycles. The average molecular weight is 645 g/mol. The third kappa shape index (κ3) is 6.47. The lowest BCUT2D eigenvalue weighted by Gasteiger charge is -2.15. The highest BCUT2D eigenvalue weighted by Gasteiger charge is 2.45. The molecule has 8 nitrogen and oxygen atoms in total. The van der Waals surface area contributed by atoms with E-state index in [2.05, 4.69) is 110 Å². The molecule has 4 aromatic carbocycles. The zero-order valence-electron chi connectivity index (χ0n) is 28.0. The number of fused-ring (bicyclic) bond motifs is 2. The molecule has 6 rings (SSSR count). The fraction of sp³-hybridized carbons (Fsp3) is 0.250. The van der Waals surface area contributed by atoms with Crippen LogP contribution in [0.15, 0.2) is 109 Å². The topological polar surface area (TPSA) is 101 Å². The molecule has 4 N–H and O–H groups in total. The van der Waals surface area contributed by atoms with Gasteiger partial charge in [-0.2, -0.15) is 19.6 Å². The molecular weight excluding hydrogens is 600 g/mol. The van der Waals surface area contributed by atoms with Gasteiger partial charge < -0.3 is 10.4 Å². The van der Waals surface area contributed by atoms with Gasteiger partial charge in [0.1, 0.15) is 13.1 Å². The van der Waals surface area contributed by atoms with Crippen LogP contribution in [0.2, 0.25) is 0 Å². The smallest absolute Gasteiger partial charge is 0.209 e. The van der Waals surface area contributed by atoms with Crippen molar-refractivity contribution >= 4 is 46.3 Å². The van der Waals surface area contributed by atoms with Crippen molar-refractivity contribution in [3.05, 3.63) is 142 Å². The van der Waals surface area contributed by atoms with Crippen LogP contribution in [0.4, 0.5) is 22.7 Å². The summed E-state index contributed by atoms with van der Waals surface area (Å²) in [7, 11) is 0. The lowest BCUT2D eigenvalue weighted by Crippen LogP contribution is -2.99. The summed E-state index contributed by atoms with van der Waals surface area (Å²) in [5, 5.41) is 39.4. The highest BCUT2D eigenvalue weighted by molar-refractivity contribution is 6.06. The highest BCUT2D eigenvalue weighted by atomic mass is 16.8. The predicted octanol–water partition coefficient (Wildman–Crippen LogP) is 6.15. The van der Waals surface area contributed by atoms with Crippen LogP contribution in [-0.2, 0) is 10.8 Å². The SMILES string of the molecule is CC1(C)C(/C=C/c2ccc([NH+]([O-])O)cc2)=[N+](CCCC[N+]2=C(/C=C/c3ccc([NH+]([O-])O)cc3)C(C)(C)c3ccccc32)c2ccccc21. The Balaban J connectivity index is 1.25. The van der Waals surface area contributed by atoms with Gasteiger partial charge in [-0.1, -0.05) is 36.4 Å². The van der Waals surface area contributed by atoms with Gasteiger partial charge in [-0.05, 0) is 75.2 Å². The summed E-state index contributed by atoms with van der Waals surface area (Å²) in [6.07, 6.45) is 10.5. The number of para-hydroxylation sites is 2. The Kier molecular flexibility index (Phi) is 9.40. The fourth-order valence-corrected chi connectivity index (χ4v) is 7.13. The maximum absolute atomic E-state index is 11.3. The second-order valence-electron chi connectivity index (χ2n) is 13.6. The van der Waals surface area contributed by atoms with E-state index in [9.17, 15) is 20.8 Å². The van der Waals surface area contributed by atoms with Crippen LogP contribution in [0.1, 0.15) is 62.8 Å². The Morgan fingerprint density at radius 3 is 1.25 bits per heavy atom.